The highest BCUT2D eigenvalue weighted by atomic mass is 16.5. The molecule has 20 heavy (non-hydrogen) atoms. The zero-order valence-corrected chi connectivity index (χ0v) is 13.1. The van der Waals surface area contributed by atoms with Crippen molar-refractivity contribution in [1.82, 2.24) is 10.3 Å². The van der Waals surface area contributed by atoms with E-state index in [0.29, 0.717) is 6.04 Å². The molecule has 0 aliphatic heterocycles. The molecule has 0 radical (unpaired) electrons. The predicted octanol–water partition coefficient (Wildman–Crippen LogP) is 2.50. The van der Waals surface area contributed by atoms with Gasteiger partial charge in [-0.05, 0) is 51.3 Å². The number of rotatable bonds is 8. The summed E-state index contributed by atoms with van der Waals surface area (Å²) < 4.78 is 5.21. The van der Waals surface area contributed by atoms with E-state index in [1.165, 1.54) is 18.4 Å². The highest BCUT2D eigenvalue weighted by Crippen LogP contribution is 2.21. The van der Waals surface area contributed by atoms with Gasteiger partial charge in [-0.15, -0.1) is 0 Å². The molecule has 0 atom stereocenters. The minimum absolute atomic E-state index is 0.420. The smallest absolute Gasteiger partial charge is 0.129 e. The second-order valence-electron chi connectivity index (χ2n) is 5.91. The van der Waals surface area contributed by atoms with Gasteiger partial charge in [-0.25, -0.2) is 4.98 Å². The third-order valence-corrected chi connectivity index (χ3v) is 3.63. The lowest BCUT2D eigenvalue weighted by atomic mass is 10.2. The first-order valence-corrected chi connectivity index (χ1v) is 7.56. The van der Waals surface area contributed by atoms with E-state index in [1.54, 1.807) is 7.11 Å². The van der Waals surface area contributed by atoms with Crippen LogP contribution in [-0.4, -0.2) is 37.3 Å². The van der Waals surface area contributed by atoms with Crippen LogP contribution >= 0.6 is 0 Å². The molecule has 0 spiro atoms. The van der Waals surface area contributed by atoms with Gasteiger partial charge in [-0.3, -0.25) is 0 Å². The zero-order valence-electron chi connectivity index (χ0n) is 13.1. The summed E-state index contributed by atoms with van der Waals surface area (Å²) in [6.45, 7) is 9.00. The van der Waals surface area contributed by atoms with Crippen molar-refractivity contribution in [3.8, 4) is 0 Å². The van der Waals surface area contributed by atoms with E-state index in [-0.39, 0.29) is 0 Å². The van der Waals surface area contributed by atoms with E-state index in [0.717, 1.165) is 37.3 Å². The minimum Gasteiger partial charge on any atom is -0.383 e. The lowest BCUT2D eigenvalue weighted by Gasteiger charge is -2.28. The third-order valence-electron chi connectivity index (χ3n) is 3.63. The molecule has 0 amide bonds. The number of aromatic nitrogens is 1. The molecular weight excluding hydrogens is 250 g/mol. The van der Waals surface area contributed by atoms with Gasteiger partial charge in [0.1, 0.15) is 5.82 Å². The predicted molar refractivity (Wildman–Crippen MR) is 83.2 cm³/mol. The van der Waals surface area contributed by atoms with E-state index < -0.39 is 0 Å². The Bertz CT molecular complexity index is 430. The first-order chi connectivity index (χ1) is 9.60. The normalized spacial score (nSPS) is 14.8. The number of methoxy groups -OCH3 is 1. The van der Waals surface area contributed by atoms with E-state index in [1.807, 2.05) is 0 Å². The molecule has 0 saturated heterocycles. The topological polar surface area (TPSA) is 37.4 Å². The molecule has 1 fully saturated rings. The molecule has 1 saturated carbocycles. The van der Waals surface area contributed by atoms with E-state index in [2.05, 4.69) is 43.1 Å². The molecule has 4 nitrogen and oxygen atoms in total. The van der Waals surface area contributed by atoms with Gasteiger partial charge in [0.15, 0.2) is 0 Å². The first-order valence-electron chi connectivity index (χ1n) is 7.56. The molecule has 1 heterocycles. The Morgan fingerprint density at radius 2 is 2.15 bits per heavy atom. The van der Waals surface area contributed by atoms with E-state index >= 15 is 0 Å². The van der Waals surface area contributed by atoms with Crippen LogP contribution in [0.4, 0.5) is 5.82 Å². The molecule has 1 aliphatic rings. The summed E-state index contributed by atoms with van der Waals surface area (Å²) in [7, 11) is 1.74. The molecule has 4 heteroatoms. The number of nitrogens with zero attached hydrogens (tertiary/aromatic N) is 2. The Hall–Kier alpha value is -1.13. The Labute approximate surface area is 122 Å². The lowest BCUT2D eigenvalue weighted by molar-refractivity contribution is 0.203. The fraction of sp³-hybridized carbons (Fsp3) is 0.688. The molecule has 0 unspecified atom stereocenters. The van der Waals surface area contributed by atoms with Crippen LogP contribution in [-0.2, 0) is 11.3 Å². The molecule has 1 aliphatic carbocycles. The Morgan fingerprint density at radius 3 is 2.75 bits per heavy atom. The molecule has 1 aromatic rings. The van der Waals surface area contributed by atoms with Crippen molar-refractivity contribution in [1.29, 1.82) is 0 Å². The highest BCUT2D eigenvalue weighted by Gasteiger charge is 2.20. The first kappa shape index (κ1) is 15.3. The van der Waals surface area contributed by atoms with Gasteiger partial charge in [0.05, 0.1) is 6.61 Å². The SMILES string of the molecule is COCCN(c1cc(CNC2CC2)cc(C)n1)C(C)C. The maximum Gasteiger partial charge on any atom is 0.129 e. The van der Waals surface area contributed by atoms with Gasteiger partial charge >= 0.3 is 0 Å². The number of aryl methyl sites for hydroxylation is 1. The quantitative estimate of drug-likeness (QED) is 0.792. The average molecular weight is 277 g/mol. The summed E-state index contributed by atoms with van der Waals surface area (Å²) in [5.41, 5.74) is 2.40. The fourth-order valence-electron chi connectivity index (χ4n) is 2.35. The monoisotopic (exact) mass is 277 g/mol. The van der Waals surface area contributed by atoms with Crippen LogP contribution in [0, 0.1) is 6.92 Å². The molecule has 2 rings (SSSR count). The molecule has 112 valence electrons. The molecule has 1 N–H and O–H groups in total. The van der Waals surface area contributed by atoms with Crippen molar-refractivity contribution in [3.05, 3.63) is 23.4 Å². The Morgan fingerprint density at radius 1 is 1.40 bits per heavy atom. The molecule has 1 aromatic heterocycles. The number of anilines is 1. The summed E-state index contributed by atoms with van der Waals surface area (Å²) in [5, 5.41) is 3.57. The van der Waals surface area contributed by atoms with Crippen molar-refractivity contribution in [2.45, 2.75) is 52.2 Å². The van der Waals surface area contributed by atoms with Gasteiger partial charge in [0.25, 0.3) is 0 Å². The number of hydrogen-bond acceptors (Lipinski definition) is 4. The van der Waals surface area contributed by atoms with Gasteiger partial charge in [-0.1, -0.05) is 0 Å². The Kier molecular flexibility index (Phi) is 5.38. The maximum absolute atomic E-state index is 5.21. The van der Waals surface area contributed by atoms with Crippen molar-refractivity contribution < 1.29 is 4.74 Å². The second-order valence-corrected chi connectivity index (χ2v) is 5.91. The zero-order chi connectivity index (χ0) is 14.5. The minimum atomic E-state index is 0.420. The number of ether oxygens (including phenoxy) is 1. The van der Waals surface area contributed by atoms with E-state index in [4.69, 9.17) is 9.72 Å². The van der Waals surface area contributed by atoms with Gasteiger partial charge in [-0.2, -0.15) is 0 Å². The maximum atomic E-state index is 5.21. The van der Waals surface area contributed by atoms with Crippen LogP contribution in [0.1, 0.15) is 37.9 Å². The molecular formula is C16H27N3O. The third kappa shape index (κ3) is 4.46. The van der Waals surface area contributed by atoms with Gasteiger partial charge < -0.3 is 15.0 Å². The number of pyridine rings is 1. The van der Waals surface area contributed by atoms with Crippen LogP contribution in [0.15, 0.2) is 12.1 Å². The van der Waals surface area contributed by atoms with Gasteiger partial charge in [0.2, 0.25) is 0 Å². The second kappa shape index (κ2) is 7.04. The van der Waals surface area contributed by atoms with Crippen LogP contribution < -0.4 is 10.2 Å². The van der Waals surface area contributed by atoms with Crippen LogP contribution in [0.25, 0.3) is 0 Å². The standard InChI is InChI=1S/C16H27N3O/c1-12(2)19(7-8-20-4)16-10-14(9-13(3)18-16)11-17-15-5-6-15/h9-10,12,15,17H,5-8,11H2,1-4H3. The van der Waals surface area contributed by atoms with Crippen LogP contribution in [0.2, 0.25) is 0 Å². The van der Waals surface area contributed by atoms with Gasteiger partial charge in [0, 0.05) is 38.0 Å². The molecule has 0 aromatic carbocycles. The summed E-state index contributed by atoms with van der Waals surface area (Å²) in [6, 6.07) is 5.54. The number of hydrogen-bond donors (Lipinski definition) is 1. The van der Waals surface area contributed by atoms with Crippen molar-refractivity contribution in [3.63, 3.8) is 0 Å². The number of nitrogens with one attached hydrogen (secondary N) is 1. The highest BCUT2D eigenvalue weighted by molar-refractivity contribution is 5.43. The summed E-state index contributed by atoms with van der Waals surface area (Å²) in [5.74, 6) is 1.06. The van der Waals surface area contributed by atoms with Crippen molar-refractivity contribution >= 4 is 5.82 Å². The largest absolute Gasteiger partial charge is 0.383 e. The lowest BCUT2D eigenvalue weighted by Crippen LogP contribution is -2.34. The van der Waals surface area contributed by atoms with Crippen LogP contribution in [0.3, 0.4) is 0 Å². The van der Waals surface area contributed by atoms with E-state index in [9.17, 15) is 0 Å². The summed E-state index contributed by atoms with van der Waals surface area (Å²) >= 11 is 0. The molecule has 0 bridgehead atoms. The van der Waals surface area contributed by atoms with Crippen molar-refractivity contribution in [2.24, 2.45) is 0 Å². The summed E-state index contributed by atoms with van der Waals surface area (Å²) in [4.78, 5) is 7.00. The Balaban J connectivity index is 2.10. The van der Waals surface area contributed by atoms with Crippen molar-refractivity contribution in [2.75, 3.05) is 25.2 Å². The summed E-state index contributed by atoms with van der Waals surface area (Å²) in [6.07, 6.45) is 2.64. The van der Waals surface area contributed by atoms with Crippen LogP contribution in [0.5, 0.6) is 0 Å². The fourth-order valence-corrected chi connectivity index (χ4v) is 2.35. The average Bonchev–Trinajstić information content (AvgIpc) is 3.20.